The maximum Gasteiger partial charge on any atom is 0.224 e. The van der Waals surface area contributed by atoms with Crippen molar-refractivity contribution in [2.24, 2.45) is 9.98 Å². The molecule has 1 aromatic rings. The number of hydrogen-bond acceptors (Lipinski definition) is 6. The first-order valence-electron chi connectivity index (χ1n) is 10.2. The van der Waals surface area contributed by atoms with E-state index < -0.39 is 0 Å². The molecule has 1 saturated heterocycles. The molecule has 8 nitrogen and oxygen atoms in total. The van der Waals surface area contributed by atoms with Crippen molar-refractivity contribution in [1.82, 2.24) is 24.5 Å². The van der Waals surface area contributed by atoms with Gasteiger partial charge in [0, 0.05) is 57.5 Å². The molecule has 3 aliphatic heterocycles. The van der Waals surface area contributed by atoms with Gasteiger partial charge < -0.3 is 14.7 Å². The Morgan fingerprint density at radius 2 is 2.00 bits per heavy atom. The summed E-state index contributed by atoms with van der Waals surface area (Å²) < 4.78 is 1.92. The SMILES string of the molecule is CCC1CN2C=NC(N3CCN(C(=O)CCn4nc(C)cc4C)CC3)=CC2=N1. The lowest BCUT2D eigenvalue weighted by Gasteiger charge is -2.37. The Morgan fingerprint density at radius 3 is 2.68 bits per heavy atom. The second kappa shape index (κ2) is 7.77. The molecule has 150 valence electrons. The molecule has 0 spiro atoms. The van der Waals surface area contributed by atoms with Gasteiger partial charge >= 0.3 is 0 Å². The van der Waals surface area contributed by atoms with Crippen molar-refractivity contribution in [2.45, 2.75) is 46.2 Å². The fourth-order valence-corrected chi connectivity index (χ4v) is 3.97. The molecule has 0 bridgehead atoms. The molecular formula is C20H29N7O. The lowest BCUT2D eigenvalue weighted by Crippen LogP contribution is -2.48. The minimum Gasteiger partial charge on any atom is -0.353 e. The number of aryl methyl sites for hydroxylation is 3. The predicted octanol–water partition coefficient (Wildman–Crippen LogP) is 1.41. The molecule has 8 heteroatoms. The van der Waals surface area contributed by atoms with Crippen molar-refractivity contribution in [3.63, 3.8) is 0 Å². The Kier molecular flexibility index (Phi) is 5.19. The summed E-state index contributed by atoms with van der Waals surface area (Å²) in [5, 5.41) is 4.44. The predicted molar refractivity (Wildman–Crippen MR) is 109 cm³/mol. The van der Waals surface area contributed by atoms with Crippen LogP contribution in [-0.2, 0) is 11.3 Å². The van der Waals surface area contributed by atoms with Crippen molar-refractivity contribution in [2.75, 3.05) is 32.7 Å². The van der Waals surface area contributed by atoms with Gasteiger partial charge in [0.15, 0.2) is 0 Å². The number of aliphatic imine (C=N–C) groups is 2. The number of piperazine rings is 1. The first-order chi connectivity index (χ1) is 13.5. The highest BCUT2D eigenvalue weighted by molar-refractivity contribution is 6.03. The van der Waals surface area contributed by atoms with E-state index >= 15 is 0 Å². The molecule has 0 saturated carbocycles. The van der Waals surface area contributed by atoms with Gasteiger partial charge in [-0.1, -0.05) is 6.92 Å². The van der Waals surface area contributed by atoms with Crippen molar-refractivity contribution in [1.29, 1.82) is 0 Å². The summed E-state index contributed by atoms with van der Waals surface area (Å²) in [6.07, 6.45) is 5.52. The van der Waals surface area contributed by atoms with Gasteiger partial charge in [-0.3, -0.25) is 14.5 Å². The highest BCUT2D eigenvalue weighted by Crippen LogP contribution is 2.20. The number of carbonyl (C=O) groups is 1. The first kappa shape index (κ1) is 18.7. The molecule has 0 radical (unpaired) electrons. The molecule has 28 heavy (non-hydrogen) atoms. The summed E-state index contributed by atoms with van der Waals surface area (Å²) in [6, 6.07) is 2.41. The van der Waals surface area contributed by atoms with E-state index in [1.807, 2.05) is 35.8 Å². The van der Waals surface area contributed by atoms with E-state index in [1.54, 1.807) is 0 Å². The fourth-order valence-electron chi connectivity index (χ4n) is 3.97. The van der Waals surface area contributed by atoms with E-state index in [4.69, 9.17) is 4.99 Å². The number of amides is 1. The zero-order valence-electron chi connectivity index (χ0n) is 17.0. The average Bonchev–Trinajstić information content (AvgIpc) is 3.27. The summed E-state index contributed by atoms with van der Waals surface area (Å²) in [6.45, 7) is 10.8. The van der Waals surface area contributed by atoms with Crippen molar-refractivity contribution < 1.29 is 4.79 Å². The fraction of sp³-hybridized carbons (Fsp3) is 0.600. The molecule has 1 fully saturated rings. The second-order valence-corrected chi connectivity index (χ2v) is 7.72. The number of rotatable bonds is 5. The van der Waals surface area contributed by atoms with Crippen LogP contribution in [0.5, 0.6) is 0 Å². The summed E-state index contributed by atoms with van der Waals surface area (Å²) in [5.74, 6) is 2.17. The number of carbonyl (C=O) groups excluding carboxylic acids is 1. The summed E-state index contributed by atoms with van der Waals surface area (Å²) in [4.78, 5) is 28.3. The first-order valence-corrected chi connectivity index (χ1v) is 10.2. The Labute approximate surface area is 166 Å². The van der Waals surface area contributed by atoms with Gasteiger partial charge in [0.25, 0.3) is 0 Å². The summed E-state index contributed by atoms with van der Waals surface area (Å²) in [5.41, 5.74) is 2.10. The van der Waals surface area contributed by atoms with Gasteiger partial charge in [-0.2, -0.15) is 5.10 Å². The van der Waals surface area contributed by atoms with E-state index in [0.717, 1.165) is 62.2 Å². The van der Waals surface area contributed by atoms with Crippen molar-refractivity contribution >= 4 is 18.1 Å². The topological polar surface area (TPSA) is 69.3 Å². The minimum atomic E-state index is 0.199. The van der Waals surface area contributed by atoms with Crippen LogP contribution in [0.4, 0.5) is 0 Å². The zero-order valence-corrected chi connectivity index (χ0v) is 17.0. The lowest BCUT2D eigenvalue weighted by molar-refractivity contribution is -0.133. The maximum absolute atomic E-state index is 12.6. The highest BCUT2D eigenvalue weighted by atomic mass is 16.2. The summed E-state index contributed by atoms with van der Waals surface area (Å²) in [7, 11) is 0. The van der Waals surface area contributed by atoms with E-state index in [2.05, 4.69) is 32.9 Å². The number of nitrogens with zero attached hydrogens (tertiary/aromatic N) is 7. The van der Waals surface area contributed by atoms with Crippen LogP contribution in [0.2, 0.25) is 0 Å². The number of fused-ring (bicyclic) bond motifs is 1. The highest BCUT2D eigenvalue weighted by Gasteiger charge is 2.27. The number of amidine groups is 1. The van der Waals surface area contributed by atoms with Crippen LogP contribution < -0.4 is 0 Å². The largest absolute Gasteiger partial charge is 0.353 e. The quantitative estimate of drug-likeness (QED) is 0.771. The lowest BCUT2D eigenvalue weighted by atomic mass is 10.2. The zero-order chi connectivity index (χ0) is 19.7. The van der Waals surface area contributed by atoms with Gasteiger partial charge in [0.2, 0.25) is 5.91 Å². The second-order valence-electron chi connectivity index (χ2n) is 7.72. The standard InChI is InChI=1S/C20H29N7O/c1-4-17-13-26-14-21-18(12-19(26)22-17)24-7-9-25(10-8-24)20(28)5-6-27-16(3)11-15(2)23-27/h11-12,14,17H,4-10,13H2,1-3H3. The van der Waals surface area contributed by atoms with E-state index in [1.165, 1.54) is 0 Å². The monoisotopic (exact) mass is 383 g/mol. The van der Waals surface area contributed by atoms with Gasteiger partial charge in [-0.05, 0) is 26.3 Å². The molecule has 4 heterocycles. The molecule has 4 rings (SSSR count). The van der Waals surface area contributed by atoms with Gasteiger partial charge in [0.05, 0.1) is 18.1 Å². The molecule has 1 aromatic heterocycles. The smallest absolute Gasteiger partial charge is 0.224 e. The molecule has 1 unspecified atom stereocenters. The Morgan fingerprint density at radius 1 is 1.21 bits per heavy atom. The van der Waals surface area contributed by atoms with E-state index in [9.17, 15) is 4.79 Å². The maximum atomic E-state index is 12.6. The Hall–Kier alpha value is -2.64. The number of hydrogen-bond donors (Lipinski definition) is 0. The van der Waals surface area contributed by atoms with Crippen LogP contribution in [0.25, 0.3) is 0 Å². The molecular weight excluding hydrogens is 354 g/mol. The molecule has 0 aliphatic carbocycles. The van der Waals surface area contributed by atoms with E-state index in [-0.39, 0.29) is 5.91 Å². The van der Waals surface area contributed by atoms with Crippen LogP contribution in [0.1, 0.15) is 31.2 Å². The molecule has 1 amide bonds. The molecule has 3 aliphatic rings. The number of aromatic nitrogens is 2. The van der Waals surface area contributed by atoms with Crippen LogP contribution in [0, 0.1) is 13.8 Å². The van der Waals surface area contributed by atoms with Gasteiger partial charge in [-0.15, -0.1) is 0 Å². The Bertz CT molecular complexity index is 830. The minimum absolute atomic E-state index is 0.199. The average molecular weight is 384 g/mol. The normalized spacial score (nSPS) is 21.7. The van der Waals surface area contributed by atoms with Crippen LogP contribution in [0.15, 0.2) is 27.9 Å². The van der Waals surface area contributed by atoms with Gasteiger partial charge in [-0.25, -0.2) is 4.99 Å². The third-order valence-electron chi connectivity index (χ3n) is 5.67. The molecule has 1 atom stereocenters. The van der Waals surface area contributed by atoms with Crippen molar-refractivity contribution in [3.8, 4) is 0 Å². The van der Waals surface area contributed by atoms with Crippen LogP contribution >= 0.6 is 0 Å². The third-order valence-corrected chi connectivity index (χ3v) is 5.67. The Balaban J connectivity index is 1.29. The third kappa shape index (κ3) is 3.81. The summed E-state index contributed by atoms with van der Waals surface area (Å²) >= 11 is 0. The van der Waals surface area contributed by atoms with E-state index in [0.29, 0.717) is 19.0 Å². The van der Waals surface area contributed by atoms with Crippen LogP contribution in [-0.4, -0.2) is 81.3 Å². The molecule has 0 aromatic carbocycles. The molecule has 0 N–H and O–H groups in total. The van der Waals surface area contributed by atoms with Crippen LogP contribution in [0.3, 0.4) is 0 Å². The van der Waals surface area contributed by atoms with Gasteiger partial charge in [0.1, 0.15) is 11.7 Å². The van der Waals surface area contributed by atoms with Crippen molar-refractivity contribution in [3.05, 3.63) is 29.4 Å².